The minimum atomic E-state index is -4.25. The molecule has 4 heterocycles. The lowest BCUT2D eigenvalue weighted by molar-refractivity contribution is -0.145. The zero-order chi connectivity index (χ0) is 56.9. The van der Waals surface area contributed by atoms with Crippen molar-refractivity contribution in [3.63, 3.8) is 0 Å². The first-order chi connectivity index (χ1) is 39.1. The van der Waals surface area contributed by atoms with Crippen LogP contribution in [0.4, 0.5) is 9.59 Å². The second kappa shape index (κ2) is 28.2. The number of fused-ring (bicyclic) bond motifs is 2. The third kappa shape index (κ3) is 16.0. The number of methoxy groups -OCH3 is 1. The minimum Gasteiger partial charge on any atom is -0.508 e. The Kier molecular flexibility index (Phi) is 20.9. The number of sulfonamides is 2. The van der Waals surface area contributed by atoms with Crippen LogP contribution < -0.4 is 15.4 Å². The van der Waals surface area contributed by atoms with Crippen LogP contribution in [-0.4, -0.2) is 161 Å². The number of carbonyl (C=O) groups is 2. The van der Waals surface area contributed by atoms with Gasteiger partial charge in [0.25, 0.3) is 20.0 Å². The Morgan fingerprint density at radius 2 is 1.01 bits per heavy atom. The molecular weight excluding hydrogens is 1090 g/mol. The number of rotatable bonds is 23. The second-order valence-electron chi connectivity index (χ2n) is 21.1. The number of hydrogen-bond acceptors (Lipinski definition) is 18. The molecule has 0 spiro atoms. The van der Waals surface area contributed by atoms with E-state index in [-0.39, 0.29) is 78.2 Å². The number of amides is 2. The van der Waals surface area contributed by atoms with Crippen molar-refractivity contribution in [1.29, 1.82) is 0 Å². The third-order valence-corrected chi connectivity index (χ3v) is 18.7. The van der Waals surface area contributed by atoms with E-state index in [4.69, 9.17) is 42.8 Å². The molecule has 22 nitrogen and oxygen atoms in total. The summed E-state index contributed by atoms with van der Waals surface area (Å²) in [6, 6.07) is 28.2. The molecule has 0 radical (unpaired) electrons. The van der Waals surface area contributed by atoms with Gasteiger partial charge in [-0.25, -0.2) is 26.4 Å². The van der Waals surface area contributed by atoms with E-state index in [1.807, 2.05) is 60.7 Å². The first-order valence-corrected chi connectivity index (χ1v) is 30.7. The number of hydrogen-bond donors (Lipinski definition) is 5. The quantitative estimate of drug-likeness (QED) is 0.0554. The number of carbonyl (C=O) groups excluding carboxylic acids is 2. The summed E-state index contributed by atoms with van der Waals surface area (Å²) in [5.41, 5.74) is 1.68. The van der Waals surface area contributed by atoms with E-state index in [0.29, 0.717) is 44.6 Å². The molecule has 0 unspecified atom stereocenters. The molecule has 6 fully saturated rings. The Hall–Kier alpha value is -5.48. The Morgan fingerprint density at radius 1 is 0.580 bits per heavy atom. The van der Waals surface area contributed by atoms with Gasteiger partial charge in [-0.3, -0.25) is 9.68 Å². The highest BCUT2D eigenvalue weighted by molar-refractivity contribution is 7.89. The number of alkyl carbamates (subject to hydrolysis) is 2. The molecule has 442 valence electrons. The zero-order valence-corrected chi connectivity index (χ0v) is 46.9. The summed E-state index contributed by atoms with van der Waals surface area (Å²) in [5, 5.41) is 38.3. The molecule has 81 heavy (non-hydrogen) atoms. The van der Waals surface area contributed by atoms with Crippen molar-refractivity contribution < 1.29 is 84.6 Å². The van der Waals surface area contributed by atoms with Gasteiger partial charge in [0.05, 0.1) is 105 Å². The predicted octanol–water partition coefficient (Wildman–Crippen LogP) is 5.74. The predicted molar refractivity (Wildman–Crippen MR) is 290 cm³/mol. The number of aliphatic hydroxyl groups excluding tert-OH is 2. The van der Waals surface area contributed by atoms with Gasteiger partial charge in [-0.1, -0.05) is 107 Å². The summed E-state index contributed by atoms with van der Waals surface area (Å²) in [7, 11) is -6.98. The Labute approximate surface area is 472 Å². The second-order valence-corrected chi connectivity index (χ2v) is 24.8. The monoisotopic (exact) mass is 1170 g/mol. The van der Waals surface area contributed by atoms with Gasteiger partial charge >= 0.3 is 12.2 Å². The van der Waals surface area contributed by atoms with Crippen molar-refractivity contribution in [2.24, 2.45) is 11.8 Å². The number of phenolic OH excluding ortho intramolecular Hbond substituents is 1. The summed E-state index contributed by atoms with van der Waals surface area (Å²) < 4.78 is 95.0. The molecule has 4 aromatic carbocycles. The van der Waals surface area contributed by atoms with Gasteiger partial charge in [0.1, 0.15) is 23.7 Å². The maximum atomic E-state index is 13.8. The highest BCUT2D eigenvalue weighted by Crippen LogP contribution is 2.35. The molecule has 10 atom stereocenters. The van der Waals surface area contributed by atoms with E-state index >= 15 is 0 Å². The van der Waals surface area contributed by atoms with Crippen LogP contribution in [0.15, 0.2) is 119 Å². The lowest BCUT2D eigenvalue weighted by atomic mass is 10.0. The molecule has 10 rings (SSSR count). The molecule has 2 amide bonds. The van der Waals surface area contributed by atoms with Gasteiger partial charge < -0.3 is 59.1 Å². The van der Waals surface area contributed by atoms with Crippen LogP contribution in [-0.2, 0) is 71.0 Å². The molecule has 4 aliphatic heterocycles. The van der Waals surface area contributed by atoms with Crippen LogP contribution in [0.25, 0.3) is 0 Å². The van der Waals surface area contributed by atoms with Crippen molar-refractivity contribution in [1.82, 2.24) is 19.6 Å². The van der Waals surface area contributed by atoms with Crippen molar-refractivity contribution >= 4 is 32.2 Å². The fourth-order valence-corrected chi connectivity index (χ4v) is 13.6. The van der Waals surface area contributed by atoms with Crippen molar-refractivity contribution in [3.8, 4) is 11.5 Å². The first-order valence-electron chi connectivity index (χ1n) is 27.8. The van der Waals surface area contributed by atoms with Crippen molar-refractivity contribution in [2.75, 3.05) is 46.6 Å². The van der Waals surface area contributed by atoms with E-state index in [0.717, 1.165) is 64.7 Å². The minimum absolute atomic E-state index is 0.0244. The van der Waals surface area contributed by atoms with E-state index in [1.54, 1.807) is 12.1 Å². The normalized spacial score (nSPS) is 24.4. The summed E-state index contributed by atoms with van der Waals surface area (Å²) in [6.45, 7) is 0.688. The summed E-state index contributed by atoms with van der Waals surface area (Å²) >= 11 is 0. The van der Waals surface area contributed by atoms with E-state index in [2.05, 4.69) is 10.6 Å². The molecule has 2 saturated carbocycles. The number of phenols is 1. The Bertz CT molecular complexity index is 2880. The van der Waals surface area contributed by atoms with Crippen molar-refractivity contribution in [2.45, 2.75) is 148 Å². The molecule has 24 heteroatoms. The smallest absolute Gasteiger partial charge is 0.407 e. The number of nitrogens with zero attached hydrogens (tertiary/aromatic N) is 2. The maximum absolute atomic E-state index is 13.8. The third-order valence-electron chi connectivity index (χ3n) is 15.4. The van der Waals surface area contributed by atoms with Gasteiger partial charge in [-0.15, -0.1) is 0 Å². The molecule has 2 aliphatic carbocycles. The largest absolute Gasteiger partial charge is 0.508 e. The zero-order valence-electron chi connectivity index (χ0n) is 45.2. The van der Waals surface area contributed by atoms with Gasteiger partial charge in [0.2, 0.25) is 0 Å². The SMILES string of the molecule is COc1cccc(S(=O)(=O)N(C[C@@H](O)[C@H](Cc2ccccc2)NC(=O)O[C@H]2CO[C@H]3OCC[C@H]32)OC2CCCC2)c1.O=C(N[C@@H](Cc1ccccc1)[C@H](O)CN(OC1CCCC1)S(=O)(=O)c1cccc(O)c1)O[C@H]1CO[C@H]2OCC[C@H]21. The van der Waals surface area contributed by atoms with Crippen LogP contribution in [0.5, 0.6) is 11.5 Å². The number of nitrogens with one attached hydrogen (secondary N) is 2. The first kappa shape index (κ1) is 60.1. The molecule has 5 N–H and O–H groups in total. The van der Waals surface area contributed by atoms with Crippen LogP contribution in [0.3, 0.4) is 0 Å². The summed E-state index contributed by atoms with van der Waals surface area (Å²) in [4.78, 5) is 37.8. The van der Waals surface area contributed by atoms with E-state index in [9.17, 15) is 41.7 Å². The van der Waals surface area contributed by atoms with E-state index < -0.39 is 81.8 Å². The Morgan fingerprint density at radius 3 is 1.44 bits per heavy atom. The number of aliphatic hydroxyl groups is 2. The van der Waals surface area contributed by atoms with E-state index in [1.165, 1.54) is 37.4 Å². The maximum Gasteiger partial charge on any atom is 0.407 e. The molecule has 4 aromatic rings. The van der Waals surface area contributed by atoms with Gasteiger partial charge in [0.15, 0.2) is 12.6 Å². The van der Waals surface area contributed by atoms with Crippen LogP contribution >= 0.6 is 0 Å². The molecule has 0 aromatic heterocycles. The van der Waals surface area contributed by atoms with Crippen LogP contribution in [0, 0.1) is 11.8 Å². The summed E-state index contributed by atoms with van der Waals surface area (Å²) in [6.07, 6.45) is 1.96. The molecular formula is C57H74N4O18S2. The topological polar surface area (TPSA) is 277 Å². The van der Waals surface area contributed by atoms with Crippen molar-refractivity contribution in [3.05, 3.63) is 120 Å². The average Bonchev–Trinajstić information content (AvgIpc) is 4.49. The van der Waals surface area contributed by atoms with Crippen LogP contribution in [0.2, 0.25) is 0 Å². The van der Waals surface area contributed by atoms with Gasteiger partial charge in [0, 0.05) is 6.07 Å². The molecule has 6 aliphatic rings. The van der Waals surface area contributed by atoms with Gasteiger partial charge in [-0.2, -0.15) is 0 Å². The average molecular weight is 1170 g/mol. The fraction of sp³-hybridized carbons (Fsp3) is 0.544. The standard InChI is InChI=1S/C29H38N2O9S.C28H36N2O9S/c1-36-22-12-7-13-23(17-22)41(34,35)31(40-21-10-5-6-11-21)18-26(32)25(16-20-8-3-2-4-9-20)30-29(33)39-27-19-38-28-24(27)14-15-37-28;31-20-9-6-12-22(16-20)40(34,35)30(39-21-10-4-5-11-21)17-25(32)24(15-19-7-2-1-3-8-19)29-28(33)38-26-18-37-27-23(26)13-14-36-27/h2-4,7-9,12-13,17,21,24-28,32H,5-6,10-11,14-16,18-19H2,1H3,(H,30,33);1-3,6-9,12,16,21,23-27,31-32H,4-5,10-11,13-15,17-18H2,(H,29,33)/t24-,25-,26+,27-,28+;23-,24-,25+,26-,27+/m00/s1. The number of ether oxygens (including phenoxy) is 7. The van der Waals surface area contributed by atoms with Gasteiger partial charge in [-0.05, 0) is 92.8 Å². The highest BCUT2D eigenvalue weighted by atomic mass is 32.2. The molecule has 4 saturated heterocycles. The number of benzene rings is 4. The van der Waals surface area contributed by atoms with Crippen LogP contribution in [0.1, 0.15) is 75.3 Å². The lowest BCUT2D eigenvalue weighted by Crippen LogP contribution is -2.51. The Balaban J connectivity index is 0.000000196. The highest BCUT2D eigenvalue weighted by Gasteiger charge is 2.46. The lowest BCUT2D eigenvalue weighted by Gasteiger charge is -2.31. The fourth-order valence-electron chi connectivity index (χ4n) is 11.0. The molecule has 0 bridgehead atoms. The summed E-state index contributed by atoms with van der Waals surface area (Å²) in [5.74, 6) is 0.0803. The number of hydroxylamine groups is 2. The number of aromatic hydroxyl groups is 1.